The number of pyridine rings is 1. The Morgan fingerprint density at radius 3 is 3.00 bits per heavy atom. The maximum atomic E-state index is 5.87. The normalized spacial score (nSPS) is 11.3. The molecule has 0 spiro atoms. The Balaban J connectivity index is 2.06. The highest BCUT2D eigenvalue weighted by molar-refractivity contribution is 6.17. The van der Waals surface area contributed by atoms with Crippen molar-refractivity contribution in [1.82, 2.24) is 29.3 Å². The predicted molar refractivity (Wildman–Crippen MR) is 76.8 cm³/mol. The number of fused-ring (bicyclic) bond motifs is 1. The molecule has 0 unspecified atom stereocenters. The van der Waals surface area contributed by atoms with Gasteiger partial charge in [-0.3, -0.25) is 0 Å². The Morgan fingerprint density at radius 1 is 1.30 bits per heavy atom. The lowest BCUT2D eigenvalue weighted by Crippen LogP contribution is -2.11. The van der Waals surface area contributed by atoms with E-state index >= 15 is 0 Å². The van der Waals surface area contributed by atoms with Crippen LogP contribution in [-0.2, 0) is 19.5 Å². The average molecular weight is 291 g/mol. The highest BCUT2D eigenvalue weighted by Gasteiger charge is 2.13. The highest BCUT2D eigenvalue weighted by Crippen LogP contribution is 2.16. The van der Waals surface area contributed by atoms with Crippen LogP contribution in [0.2, 0.25) is 0 Å². The Kier molecular flexibility index (Phi) is 3.64. The third-order valence-corrected chi connectivity index (χ3v) is 3.43. The molecule has 0 amide bonds. The standard InChI is InChI=1S/C13H15ClN6/c1-2-19-9-16-18-12(19)8-20-11(5-6-14)17-10-4-3-7-15-13(10)20/h3-4,7,9H,2,5-6,8H2,1H3. The Labute approximate surface area is 121 Å². The molecule has 0 N–H and O–H groups in total. The molecule has 0 aliphatic carbocycles. The molecule has 3 aromatic rings. The van der Waals surface area contributed by atoms with Gasteiger partial charge in [0.15, 0.2) is 11.5 Å². The molecule has 0 bridgehead atoms. The fourth-order valence-electron chi connectivity index (χ4n) is 2.25. The zero-order valence-electron chi connectivity index (χ0n) is 11.2. The van der Waals surface area contributed by atoms with Crippen LogP contribution in [0.25, 0.3) is 11.2 Å². The summed E-state index contributed by atoms with van der Waals surface area (Å²) in [5, 5.41) is 8.14. The molecule has 0 atom stereocenters. The Bertz CT molecular complexity index is 717. The van der Waals surface area contributed by atoms with E-state index in [1.54, 1.807) is 12.5 Å². The van der Waals surface area contributed by atoms with Gasteiger partial charge in [-0.05, 0) is 19.1 Å². The van der Waals surface area contributed by atoms with Crippen molar-refractivity contribution >= 4 is 22.8 Å². The topological polar surface area (TPSA) is 61.4 Å². The smallest absolute Gasteiger partial charge is 0.160 e. The first kappa shape index (κ1) is 13.1. The summed E-state index contributed by atoms with van der Waals surface area (Å²) in [4.78, 5) is 9.02. The quantitative estimate of drug-likeness (QED) is 0.673. The van der Waals surface area contributed by atoms with E-state index in [9.17, 15) is 0 Å². The molecule has 0 saturated carbocycles. The van der Waals surface area contributed by atoms with E-state index in [0.29, 0.717) is 18.8 Å². The zero-order valence-corrected chi connectivity index (χ0v) is 12.0. The molecule has 0 aliphatic heterocycles. The van der Waals surface area contributed by atoms with Crippen molar-refractivity contribution in [3.63, 3.8) is 0 Å². The van der Waals surface area contributed by atoms with Gasteiger partial charge in [-0.2, -0.15) is 0 Å². The molecule has 3 aromatic heterocycles. The summed E-state index contributed by atoms with van der Waals surface area (Å²) in [5.41, 5.74) is 1.74. The minimum Gasteiger partial charge on any atom is -0.316 e. The van der Waals surface area contributed by atoms with Gasteiger partial charge in [-0.15, -0.1) is 21.8 Å². The summed E-state index contributed by atoms with van der Waals surface area (Å²) in [7, 11) is 0. The number of aryl methyl sites for hydroxylation is 2. The number of hydrogen-bond donors (Lipinski definition) is 0. The molecule has 7 heteroatoms. The van der Waals surface area contributed by atoms with Gasteiger partial charge in [0, 0.05) is 25.0 Å². The number of rotatable bonds is 5. The largest absolute Gasteiger partial charge is 0.316 e. The summed E-state index contributed by atoms with van der Waals surface area (Å²) < 4.78 is 4.08. The van der Waals surface area contributed by atoms with Gasteiger partial charge in [-0.25, -0.2) is 9.97 Å². The lowest BCUT2D eigenvalue weighted by Gasteiger charge is -2.08. The number of imidazole rings is 1. The van der Waals surface area contributed by atoms with E-state index in [1.165, 1.54) is 0 Å². The fraction of sp³-hybridized carbons (Fsp3) is 0.385. The minimum absolute atomic E-state index is 0.532. The lowest BCUT2D eigenvalue weighted by molar-refractivity contribution is 0.640. The maximum Gasteiger partial charge on any atom is 0.160 e. The van der Waals surface area contributed by atoms with Crippen LogP contribution in [0.4, 0.5) is 0 Å². The van der Waals surface area contributed by atoms with Crippen LogP contribution in [0.3, 0.4) is 0 Å². The molecule has 0 fully saturated rings. The fourth-order valence-corrected chi connectivity index (χ4v) is 2.42. The lowest BCUT2D eigenvalue weighted by atomic mass is 10.4. The van der Waals surface area contributed by atoms with Crippen LogP contribution in [0.5, 0.6) is 0 Å². The van der Waals surface area contributed by atoms with Crippen LogP contribution in [0.15, 0.2) is 24.7 Å². The van der Waals surface area contributed by atoms with Crippen LogP contribution < -0.4 is 0 Å². The Morgan fingerprint density at radius 2 is 2.20 bits per heavy atom. The third-order valence-electron chi connectivity index (χ3n) is 3.24. The van der Waals surface area contributed by atoms with Gasteiger partial charge in [-0.1, -0.05) is 0 Å². The Hall–Kier alpha value is -1.95. The number of hydrogen-bond acceptors (Lipinski definition) is 4. The molecule has 0 aromatic carbocycles. The van der Waals surface area contributed by atoms with Gasteiger partial charge >= 0.3 is 0 Å². The van der Waals surface area contributed by atoms with Crippen molar-refractivity contribution in [1.29, 1.82) is 0 Å². The second-order valence-corrected chi connectivity index (χ2v) is 4.81. The zero-order chi connectivity index (χ0) is 13.9. The van der Waals surface area contributed by atoms with E-state index in [1.807, 2.05) is 16.7 Å². The van der Waals surface area contributed by atoms with E-state index < -0.39 is 0 Å². The highest BCUT2D eigenvalue weighted by atomic mass is 35.5. The van der Waals surface area contributed by atoms with Crippen LogP contribution in [0, 0.1) is 0 Å². The van der Waals surface area contributed by atoms with Crippen LogP contribution >= 0.6 is 11.6 Å². The minimum atomic E-state index is 0.532. The molecular formula is C13H15ClN6. The molecule has 0 saturated heterocycles. The summed E-state index contributed by atoms with van der Waals surface area (Å²) >= 11 is 5.87. The molecule has 20 heavy (non-hydrogen) atoms. The summed E-state index contributed by atoms with van der Waals surface area (Å²) in [6, 6.07) is 3.85. The van der Waals surface area contributed by atoms with E-state index in [2.05, 4.69) is 31.7 Å². The van der Waals surface area contributed by atoms with Crippen molar-refractivity contribution in [2.75, 3.05) is 5.88 Å². The van der Waals surface area contributed by atoms with Gasteiger partial charge in [0.2, 0.25) is 0 Å². The summed E-state index contributed by atoms with van der Waals surface area (Å²) in [6.45, 7) is 3.51. The van der Waals surface area contributed by atoms with Gasteiger partial charge in [0.1, 0.15) is 17.7 Å². The SMILES string of the molecule is CCn1cnnc1Cn1c(CCCl)nc2cccnc21. The number of nitrogens with zero attached hydrogens (tertiary/aromatic N) is 6. The molecule has 3 heterocycles. The monoisotopic (exact) mass is 290 g/mol. The van der Waals surface area contributed by atoms with E-state index in [4.69, 9.17) is 11.6 Å². The van der Waals surface area contributed by atoms with Crippen molar-refractivity contribution < 1.29 is 0 Å². The van der Waals surface area contributed by atoms with Crippen molar-refractivity contribution in [2.45, 2.75) is 26.4 Å². The number of halogens is 1. The summed E-state index contributed by atoms with van der Waals surface area (Å²) in [5.74, 6) is 2.36. The van der Waals surface area contributed by atoms with Gasteiger partial charge < -0.3 is 9.13 Å². The van der Waals surface area contributed by atoms with Gasteiger partial charge in [0.25, 0.3) is 0 Å². The average Bonchev–Trinajstić information content (AvgIpc) is 3.05. The third kappa shape index (κ3) is 2.27. The van der Waals surface area contributed by atoms with Crippen molar-refractivity contribution in [2.24, 2.45) is 0 Å². The number of alkyl halides is 1. The van der Waals surface area contributed by atoms with E-state index in [0.717, 1.165) is 29.4 Å². The molecular weight excluding hydrogens is 276 g/mol. The second-order valence-electron chi connectivity index (χ2n) is 4.43. The summed E-state index contributed by atoms with van der Waals surface area (Å²) in [6.07, 6.45) is 4.22. The molecule has 0 radical (unpaired) electrons. The van der Waals surface area contributed by atoms with Crippen LogP contribution in [0.1, 0.15) is 18.6 Å². The first-order valence-electron chi connectivity index (χ1n) is 6.56. The van der Waals surface area contributed by atoms with Gasteiger partial charge in [0.05, 0.1) is 6.54 Å². The van der Waals surface area contributed by atoms with Crippen molar-refractivity contribution in [3.05, 3.63) is 36.3 Å². The van der Waals surface area contributed by atoms with Crippen molar-refractivity contribution in [3.8, 4) is 0 Å². The van der Waals surface area contributed by atoms with E-state index in [-0.39, 0.29) is 0 Å². The first-order valence-corrected chi connectivity index (χ1v) is 7.09. The maximum absolute atomic E-state index is 5.87. The molecule has 0 aliphatic rings. The first-order chi connectivity index (χ1) is 9.83. The van der Waals surface area contributed by atoms with Crippen LogP contribution in [-0.4, -0.2) is 35.2 Å². The predicted octanol–water partition coefficient (Wildman–Crippen LogP) is 1.87. The number of aromatic nitrogens is 6. The molecule has 3 rings (SSSR count). The molecule has 104 valence electrons. The molecule has 6 nitrogen and oxygen atoms in total. The second kappa shape index (κ2) is 5.58.